The van der Waals surface area contributed by atoms with Crippen LogP contribution in [0.4, 0.5) is 0 Å². The standard InChI is InChI=1S/C34H66O7S/c1-30(2)25-21-17-13-9-5-7-11-15-19-23-27-40-33(35)29-32(42(37,38)39)34(36)41-28-24-20-16-12-8-6-10-14-18-22-26-31(3)4/h30-32H,5-29H2,1-4H3,(H,37,38,39). The first kappa shape index (κ1) is 40.9. The maximum atomic E-state index is 12.3. The number of rotatable bonds is 30. The Bertz CT molecular complexity index is 749. The van der Waals surface area contributed by atoms with Gasteiger partial charge in [0, 0.05) is 0 Å². The van der Waals surface area contributed by atoms with E-state index in [0.29, 0.717) is 12.8 Å². The van der Waals surface area contributed by atoms with Crippen LogP contribution in [0.15, 0.2) is 0 Å². The van der Waals surface area contributed by atoms with E-state index in [1.165, 1.54) is 89.9 Å². The van der Waals surface area contributed by atoms with Gasteiger partial charge >= 0.3 is 11.9 Å². The normalized spacial score (nSPS) is 12.6. The number of carbonyl (C=O) groups excluding carboxylic acids is 2. The third kappa shape index (κ3) is 27.7. The molecular formula is C34H66O7S. The minimum atomic E-state index is -4.76. The fourth-order valence-corrected chi connectivity index (χ4v) is 5.77. The molecule has 0 aromatic rings. The molecular weight excluding hydrogens is 552 g/mol. The number of hydrogen-bond donors (Lipinski definition) is 1. The first-order chi connectivity index (χ1) is 20.0. The van der Waals surface area contributed by atoms with Crippen LogP contribution in [0.25, 0.3) is 0 Å². The Morgan fingerprint density at radius 1 is 0.524 bits per heavy atom. The second kappa shape index (κ2) is 27.4. The molecule has 0 aliphatic rings. The number of esters is 2. The molecule has 0 fully saturated rings. The van der Waals surface area contributed by atoms with Crippen molar-refractivity contribution < 1.29 is 32.0 Å². The maximum absolute atomic E-state index is 12.3. The minimum Gasteiger partial charge on any atom is -0.466 e. The summed E-state index contributed by atoms with van der Waals surface area (Å²) in [7, 11) is -4.76. The van der Waals surface area contributed by atoms with Gasteiger partial charge in [-0.2, -0.15) is 8.42 Å². The molecule has 0 radical (unpaired) electrons. The molecule has 1 unspecified atom stereocenters. The predicted octanol–water partition coefficient (Wildman–Crippen LogP) is 9.61. The van der Waals surface area contributed by atoms with Crippen LogP contribution in [-0.4, -0.2) is 43.4 Å². The molecule has 0 aromatic heterocycles. The van der Waals surface area contributed by atoms with Crippen molar-refractivity contribution in [2.75, 3.05) is 13.2 Å². The molecule has 0 saturated carbocycles. The van der Waals surface area contributed by atoms with Crippen molar-refractivity contribution in [3.8, 4) is 0 Å². The lowest BCUT2D eigenvalue weighted by molar-refractivity contribution is -0.150. The molecule has 0 spiro atoms. The Hall–Kier alpha value is -1.15. The van der Waals surface area contributed by atoms with E-state index in [2.05, 4.69) is 27.7 Å². The van der Waals surface area contributed by atoms with E-state index in [-0.39, 0.29) is 13.2 Å². The molecule has 0 amide bonds. The second-order valence-corrected chi connectivity index (χ2v) is 14.6. The van der Waals surface area contributed by atoms with Gasteiger partial charge in [-0.25, -0.2) is 0 Å². The van der Waals surface area contributed by atoms with Crippen LogP contribution in [-0.2, 0) is 29.2 Å². The van der Waals surface area contributed by atoms with Gasteiger partial charge in [0.15, 0.2) is 5.25 Å². The number of carbonyl (C=O) groups is 2. The van der Waals surface area contributed by atoms with E-state index in [1.54, 1.807) is 0 Å². The lowest BCUT2D eigenvalue weighted by atomic mass is 10.0. The van der Waals surface area contributed by atoms with Gasteiger partial charge in [-0.05, 0) is 24.7 Å². The molecule has 0 heterocycles. The van der Waals surface area contributed by atoms with Crippen LogP contribution in [0.3, 0.4) is 0 Å². The molecule has 1 atom stereocenters. The number of ether oxygens (including phenoxy) is 2. The lowest BCUT2D eigenvalue weighted by Gasteiger charge is -2.13. The zero-order valence-corrected chi connectivity index (χ0v) is 28.5. The van der Waals surface area contributed by atoms with Crippen LogP contribution in [0.1, 0.15) is 175 Å². The molecule has 250 valence electrons. The van der Waals surface area contributed by atoms with Crippen LogP contribution < -0.4 is 0 Å². The summed E-state index contributed by atoms with van der Waals surface area (Å²) in [6.45, 7) is 9.34. The topological polar surface area (TPSA) is 107 Å². The average Bonchev–Trinajstić information content (AvgIpc) is 2.91. The van der Waals surface area contributed by atoms with Crippen molar-refractivity contribution in [2.24, 2.45) is 11.8 Å². The van der Waals surface area contributed by atoms with Crippen LogP contribution in [0.2, 0.25) is 0 Å². The van der Waals surface area contributed by atoms with Crippen molar-refractivity contribution in [1.29, 1.82) is 0 Å². The summed E-state index contributed by atoms with van der Waals surface area (Å²) in [5, 5.41) is -1.93. The van der Waals surface area contributed by atoms with Crippen LogP contribution >= 0.6 is 0 Å². The van der Waals surface area contributed by atoms with Gasteiger partial charge in [-0.1, -0.05) is 156 Å². The van der Waals surface area contributed by atoms with Gasteiger partial charge in [-0.3, -0.25) is 14.1 Å². The molecule has 0 aliphatic carbocycles. The summed E-state index contributed by atoms with van der Waals surface area (Å²) in [5.74, 6) is -0.310. The second-order valence-electron chi connectivity index (χ2n) is 13.0. The summed E-state index contributed by atoms with van der Waals surface area (Å²) < 4.78 is 43.1. The summed E-state index contributed by atoms with van der Waals surface area (Å²) >= 11 is 0. The van der Waals surface area contributed by atoms with E-state index in [9.17, 15) is 22.6 Å². The Labute approximate surface area is 259 Å². The Kier molecular flexibility index (Phi) is 26.7. The predicted molar refractivity (Wildman–Crippen MR) is 173 cm³/mol. The van der Waals surface area contributed by atoms with Crippen LogP contribution in [0, 0.1) is 11.8 Å². The van der Waals surface area contributed by atoms with Crippen LogP contribution in [0.5, 0.6) is 0 Å². The first-order valence-electron chi connectivity index (χ1n) is 17.3. The summed E-state index contributed by atoms with van der Waals surface area (Å²) in [4.78, 5) is 24.4. The van der Waals surface area contributed by atoms with E-state index in [0.717, 1.165) is 50.4 Å². The molecule has 7 nitrogen and oxygen atoms in total. The molecule has 0 saturated heterocycles. The minimum absolute atomic E-state index is 0.0773. The summed E-state index contributed by atoms with van der Waals surface area (Å²) in [5.41, 5.74) is 0. The van der Waals surface area contributed by atoms with Gasteiger partial charge in [0.25, 0.3) is 10.1 Å². The Balaban J connectivity index is 3.83. The highest BCUT2D eigenvalue weighted by Crippen LogP contribution is 2.15. The van der Waals surface area contributed by atoms with Crippen molar-refractivity contribution in [3.63, 3.8) is 0 Å². The third-order valence-corrected chi connectivity index (χ3v) is 8.91. The van der Waals surface area contributed by atoms with Gasteiger partial charge in [0.2, 0.25) is 0 Å². The molecule has 42 heavy (non-hydrogen) atoms. The maximum Gasteiger partial charge on any atom is 0.327 e. The molecule has 1 N–H and O–H groups in total. The summed E-state index contributed by atoms with van der Waals surface area (Å²) in [6, 6.07) is 0. The smallest absolute Gasteiger partial charge is 0.327 e. The number of unbranched alkanes of at least 4 members (excludes halogenated alkanes) is 18. The molecule has 0 bridgehead atoms. The fraction of sp³-hybridized carbons (Fsp3) is 0.941. The van der Waals surface area contributed by atoms with E-state index >= 15 is 0 Å². The monoisotopic (exact) mass is 618 g/mol. The molecule has 0 aliphatic heterocycles. The fourth-order valence-electron chi connectivity index (χ4n) is 5.11. The Morgan fingerprint density at radius 3 is 1.17 bits per heavy atom. The third-order valence-electron chi connectivity index (χ3n) is 7.83. The average molecular weight is 619 g/mol. The van der Waals surface area contributed by atoms with Crippen molar-refractivity contribution in [2.45, 2.75) is 181 Å². The highest BCUT2D eigenvalue weighted by atomic mass is 32.2. The molecule has 0 rings (SSSR count). The van der Waals surface area contributed by atoms with Gasteiger partial charge < -0.3 is 9.47 Å². The first-order valence-corrected chi connectivity index (χ1v) is 18.8. The Morgan fingerprint density at radius 2 is 0.833 bits per heavy atom. The van der Waals surface area contributed by atoms with Gasteiger partial charge in [-0.15, -0.1) is 0 Å². The molecule has 8 heteroatoms. The van der Waals surface area contributed by atoms with Gasteiger partial charge in [0.05, 0.1) is 19.6 Å². The largest absolute Gasteiger partial charge is 0.466 e. The highest BCUT2D eigenvalue weighted by Gasteiger charge is 2.35. The SMILES string of the molecule is CC(C)CCCCCCCCCCCCOC(=O)CC(C(=O)OCCCCCCCCCCCCC(C)C)S(=O)(=O)O. The number of hydrogen-bond acceptors (Lipinski definition) is 6. The molecule has 0 aromatic carbocycles. The van der Waals surface area contributed by atoms with E-state index in [4.69, 9.17) is 9.47 Å². The van der Waals surface area contributed by atoms with Gasteiger partial charge in [0.1, 0.15) is 0 Å². The zero-order valence-electron chi connectivity index (χ0n) is 27.7. The van der Waals surface area contributed by atoms with Crippen molar-refractivity contribution in [1.82, 2.24) is 0 Å². The van der Waals surface area contributed by atoms with E-state index in [1.807, 2.05) is 0 Å². The van der Waals surface area contributed by atoms with Crippen molar-refractivity contribution in [3.05, 3.63) is 0 Å². The highest BCUT2D eigenvalue weighted by molar-refractivity contribution is 7.87. The lowest BCUT2D eigenvalue weighted by Crippen LogP contribution is -2.34. The summed E-state index contributed by atoms with van der Waals surface area (Å²) in [6.07, 6.45) is 24.9. The van der Waals surface area contributed by atoms with Crippen molar-refractivity contribution >= 4 is 22.1 Å². The quantitative estimate of drug-likeness (QED) is 0.0485. The van der Waals surface area contributed by atoms with E-state index < -0.39 is 33.7 Å². The zero-order chi connectivity index (χ0) is 31.5.